The highest BCUT2D eigenvalue weighted by Gasteiger charge is 2.26. The Kier molecular flexibility index (Phi) is 6.76. The van der Waals surface area contributed by atoms with Crippen molar-refractivity contribution in [1.82, 2.24) is 24.6 Å². The lowest BCUT2D eigenvalue weighted by atomic mass is 10.2. The Morgan fingerprint density at radius 1 is 1.09 bits per heavy atom. The number of nitrogens with zero attached hydrogens (tertiary/aromatic N) is 6. The van der Waals surface area contributed by atoms with E-state index in [-0.39, 0.29) is 5.91 Å². The van der Waals surface area contributed by atoms with Crippen molar-refractivity contribution in [2.24, 2.45) is 5.92 Å². The summed E-state index contributed by atoms with van der Waals surface area (Å²) >= 11 is 0. The first-order chi connectivity index (χ1) is 16.0. The molecule has 0 N–H and O–H groups in total. The Morgan fingerprint density at radius 2 is 1.82 bits per heavy atom. The van der Waals surface area contributed by atoms with Gasteiger partial charge in [-0.05, 0) is 37.1 Å². The van der Waals surface area contributed by atoms with Crippen molar-refractivity contribution in [2.45, 2.75) is 20.8 Å². The van der Waals surface area contributed by atoms with E-state index in [9.17, 15) is 4.79 Å². The second kappa shape index (κ2) is 9.89. The van der Waals surface area contributed by atoms with Gasteiger partial charge in [0.05, 0.1) is 36.9 Å². The van der Waals surface area contributed by atoms with E-state index in [2.05, 4.69) is 33.8 Å². The molecule has 0 radical (unpaired) electrons. The number of anilines is 1. The van der Waals surface area contributed by atoms with Crippen molar-refractivity contribution in [1.29, 1.82) is 0 Å². The van der Waals surface area contributed by atoms with Gasteiger partial charge in [-0.25, -0.2) is 14.6 Å². The predicted octanol–water partition coefficient (Wildman–Crippen LogP) is 2.98. The molecule has 4 rings (SSSR count). The quantitative estimate of drug-likeness (QED) is 0.547. The molecule has 0 aliphatic carbocycles. The smallest absolute Gasteiger partial charge is 0.257 e. The number of hydrogen-bond donors (Lipinski definition) is 0. The molecule has 1 aliphatic rings. The summed E-state index contributed by atoms with van der Waals surface area (Å²) in [5, 5.41) is 4.45. The summed E-state index contributed by atoms with van der Waals surface area (Å²) in [5.41, 5.74) is 2.32. The van der Waals surface area contributed by atoms with Crippen LogP contribution in [0.3, 0.4) is 0 Å². The molecular weight excluding hydrogens is 420 g/mol. The number of methoxy groups -OCH3 is 1. The molecule has 1 saturated heterocycles. The van der Waals surface area contributed by atoms with Crippen molar-refractivity contribution in [3.05, 3.63) is 54.1 Å². The number of benzene rings is 1. The lowest BCUT2D eigenvalue weighted by molar-refractivity contribution is 0.0745. The van der Waals surface area contributed by atoms with Crippen LogP contribution in [0.15, 0.2) is 42.9 Å². The summed E-state index contributed by atoms with van der Waals surface area (Å²) in [7, 11) is 1.63. The molecule has 1 amide bonds. The third-order valence-electron chi connectivity index (χ3n) is 5.64. The molecule has 0 atom stereocenters. The second-order valence-corrected chi connectivity index (χ2v) is 8.45. The highest BCUT2D eigenvalue weighted by Crippen LogP contribution is 2.21. The van der Waals surface area contributed by atoms with Gasteiger partial charge in [-0.15, -0.1) is 0 Å². The number of rotatable bonds is 7. The fourth-order valence-corrected chi connectivity index (χ4v) is 3.75. The highest BCUT2D eigenvalue weighted by molar-refractivity contribution is 5.95. The molecule has 33 heavy (non-hydrogen) atoms. The van der Waals surface area contributed by atoms with E-state index in [4.69, 9.17) is 9.47 Å². The number of carbonyl (C=O) groups excluding carboxylic acids is 1. The Labute approximate surface area is 194 Å². The molecule has 0 bridgehead atoms. The maximum absolute atomic E-state index is 13.2. The third-order valence-corrected chi connectivity index (χ3v) is 5.64. The average molecular weight is 451 g/mol. The molecule has 9 nitrogen and oxygen atoms in total. The van der Waals surface area contributed by atoms with Crippen LogP contribution in [0.5, 0.6) is 11.6 Å². The first kappa shape index (κ1) is 22.6. The largest absolute Gasteiger partial charge is 0.497 e. The van der Waals surface area contributed by atoms with Gasteiger partial charge in [0.2, 0.25) is 5.88 Å². The van der Waals surface area contributed by atoms with E-state index in [0.29, 0.717) is 50.1 Å². The zero-order valence-corrected chi connectivity index (χ0v) is 19.6. The Hall–Kier alpha value is -3.62. The minimum atomic E-state index is -0.00412. The van der Waals surface area contributed by atoms with E-state index in [0.717, 1.165) is 22.9 Å². The van der Waals surface area contributed by atoms with Gasteiger partial charge in [-0.3, -0.25) is 4.79 Å². The minimum absolute atomic E-state index is 0.00412. The molecule has 3 aromatic rings. The summed E-state index contributed by atoms with van der Waals surface area (Å²) in [4.78, 5) is 25.8. The topological polar surface area (TPSA) is 85.6 Å². The molecule has 0 saturated carbocycles. The van der Waals surface area contributed by atoms with E-state index < -0.39 is 0 Å². The molecule has 1 aromatic carbocycles. The van der Waals surface area contributed by atoms with Crippen LogP contribution in [-0.2, 0) is 0 Å². The Morgan fingerprint density at radius 3 is 2.48 bits per heavy atom. The van der Waals surface area contributed by atoms with Crippen molar-refractivity contribution >= 4 is 11.7 Å². The second-order valence-electron chi connectivity index (χ2n) is 8.45. The molecule has 174 valence electrons. The van der Waals surface area contributed by atoms with Crippen molar-refractivity contribution in [3.63, 3.8) is 0 Å². The van der Waals surface area contributed by atoms with Crippen LogP contribution >= 0.6 is 0 Å². The van der Waals surface area contributed by atoms with Gasteiger partial charge in [0.25, 0.3) is 5.91 Å². The van der Waals surface area contributed by atoms with Gasteiger partial charge >= 0.3 is 0 Å². The van der Waals surface area contributed by atoms with Gasteiger partial charge in [-0.1, -0.05) is 13.8 Å². The van der Waals surface area contributed by atoms with Gasteiger partial charge < -0.3 is 19.3 Å². The molecule has 0 spiro atoms. The maximum Gasteiger partial charge on any atom is 0.257 e. The summed E-state index contributed by atoms with van der Waals surface area (Å²) in [6.07, 6.45) is 3.18. The van der Waals surface area contributed by atoms with Crippen LogP contribution < -0.4 is 14.4 Å². The standard InChI is InChI=1S/C24H30N6O3/c1-17(2)15-33-23-13-22(25-16-26-23)28-9-11-29(12-10-28)24(31)21-14-27-30(18(21)3)19-5-7-20(32-4)8-6-19/h5-8,13-14,16-17H,9-12,15H2,1-4H3. The highest BCUT2D eigenvalue weighted by atomic mass is 16.5. The number of hydrogen-bond acceptors (Lipinski definition) is 7. The van der Waals surface area contributed by atoms with Crippen LogP contribution in [0.1, 0.15) is 29.9 Å². The maximum atomic E-state index is 13.2. The first-order valence-electron chi connectivity index (χ1n) is 11.1. The van der Waals surface area contributed by atoms with Gasteiger partial charge in [0, 0.05) is 32.2 Å². The van der Waals surface area contributed by atoms with E-state index in [1.165, 1.54) is 6.33 Å². The molecule has 3 heterocycles. The zero-order valence-electron chi connectivity index (χ0n) is 19.6. The molecular formula is C24H30N6O3. The number of amides is 1. The van der Waals surface area contributed by atoms with Crippen LogP contribution in [0.4, 0.5) is 5.82 Å². The minimum Gasteiger partial charge on any atom is -0.497 e. The zero-order chi connectivity index (χ0) is 23.4. The Bertz CT molecular complexity index is 1090. The van der Waals surface area contributed by atoms with Crippen LogP contribution in [0.25, 0.3) is 5.69 Å². The van der Waals surface area contributed by atoms with Gasteiger partial charge in [-0.2, -0.15) is 5.10 Å². The number of aromatic nitrogens is 4. The van der Waals surface area contributed by atoms with Crippen molar-refractivity contribution < 1.29 is 14.3 Å². The number of piperazine rings is 1. The fourth-order valence-electron chi connectivity index (χ4n) is 3.75. The lowest BCUT2D eigenvalue weighted by Crippen LogP contribution is -2.49. The van der Waals surface area contributed by atoms with Crippen molar-refractivity contribution in [2.75, 3.05) is 44.8 Å². The molecule has 1 aliphatic heterocycles. The molecule has 0 unspecified atom stereocenters. The third kappa shape index (κ3) is 5.08. The SMILES string of the molecule is COc1ccc(-n2ncc(C(=O)N3CCN(c4cc(OCC(C)C)ncn4)CC3)c2C)cc1. The van der Waals surface area contributed by atoms with Crippen LogP contribution in [-0.4, -0.2) is 70.5 Å². The summed E-state index contributed by atoms with van der Waals surface area (Å²) in [6.45, 7) is 9.33. The summed E-state index contributed by atoms with van der Waals surface area (Å²) < 4.78 is 12.7. The Balaban J connectivity index is 1.40. The number of ether oxygens (including phenoxy) is 2. The normalized spacial score (nSPS) is 14.0. The summed E-state index contributed by atoms with van der Waals surface area (Å²) in [6, 6.07) is 9.47. The predicted molar refractivity (Wildman–Crippen MR) is 125 cm³/mol. The summed E-state index contributed by atoms with van der Waals surface area (Å²) in [5.74, 6) is 2.60. The van der Waals surface area contributed by atoms with E-state index >= 15 is 0 Å². The molecule has 2 aromatic heterocycles. The first-order valence-corrected chi connectivity index (χ1v) is 11.1. The lowest BCUT2D eigenvalue weighted by Gasteiger charge is -2.35. The monoisotopic (exact) mass is 450 g/mol. The van der Waals surface area contributed by atoms with E-state index in [1.807, 2.05) is 42.2 Å². The van der Waals surface area contributed by atoms with Gasteiger partial charge in [0.15, 0.2) is 0 Å². The molecule has 1 fully saturated rings. The fraction of sp³-hybridized carbons (Fsp3) is 0.417. The average Bonchev–Trinajstić information content (AvgIpc) is 3.23. The van der Waals surface area contributed by atoms with E-state index in [1.54, 1.807) is 18.0 Å². The molecule has 9 heteroatoms. The number of carbonyl (C=O) groups is 1. The van der Waals surface area contributed by atoms with Crippen LogP contribution in [0.2, 0.25) is 0 Å². The van der Waals surface area contributed by atoms with Crippen LogP contribution in [0, 0.1) is 12.8 Å². The van der Waals surface area contributed by atoms with Gasteiger partial charge in [0.1, 0.15) is 17.9 Å². The van der Waals surface area contributed by atoms with Crippen molar-refractivity contribution in [3.8, 4) is 17.3 Å².